The lowest BCUT2D eigenvalue weighted by Crippen LogP contribution is -2.45. The van der Waals surface area contributed by atoms with E-state index in [-0.39, 0.29) is 18.7 Å². The van der Waals surface area contributed by atoms with Crippen LogP contribution in [0.3, 0.4) is 0 Å². The Bertz CT molecular complexity index is 386. The Hall–Kier alpha value is -1.53. The van der Waals surface area contributed by atoms with E-state index in [1.807, 2.05) is 6.07 Å². The molecule has 2 heterocycles. The summed E-state index contributed by atoms with van der Waals surface area (Å²) in [7, 11) is 0. The van der Waals surface area contributed by atoms with Crippen molar-refractivity contribution in [3.8, 4) is 0 Å². The van der Waals surface area contributed by atoms with Crippen molar-refractivity contribution in [3.63, 3.8) is 0 Å². The van der Waals surface area contributed by atoms with Gasteiger partial charge >= 0.3 is 6.03 Å². The van der Waals surface area contributed by atoms with Gasteiger partial charge in [0.15, 0.2) is 0 Å². The summed E-state index contributed by atoms with van der Waals surface area (Å²) >= 11 is 0. The number of amides is 2. The molecular weight excluding hydrogens is 260 g/mol. The first-order chi connectivity index (χ1) is 9.79. The van der Waals surface area contributed by atoms with Gasteiger partial charge in [-0.3, -0.25) is 0 Å². The van der Waals surface area contributed by atoms with Crippen molar-refractivity contribution in [2.75, 3.05) is 26.3 Å². The number of carbonyl (C=O) groups is 1. The standard InChI is InChI=1S/C14H22N2O4/c17-8-2-10-19-12-4-6-16(7-5-12)14(18)15-11-13-3-1-9-20-13/h1,3,9,12,17H,2,4-8,10-11H2,(H,15,18). The molecule has 1 aromatic heterocycles. The van der Waals surface area contributed by atoms with Crippen LogP contribution in [0.1, 0.15) is 25.0 Å². The molecule has 0 aliphatic carbocycles. The van der Waals surface area contributed by atoms with Gasteiger partial charge in [-0.2, -0.15) is 0 Å². The SMILES string of the molecule is O=C(NCc1ccco1)N1CCC(OCCCO)CC1. The van der Waals surface area contributed by atoms with E-state index in [0.717, 1.165) is 18.6 Å². The summed E-state index contributed by atoms with van der Waals surface area (Å²) in [6.45, 7) is 2.57. The van der Waals surface area contributed by atoms with Crippen molar-refractivity contribution in [3.05, 3.63) is 24.2 Å². The van der Waals surface area contributed by atoms with Crippen LogP contribution in [0.15, 0.2) is 22.8 Å². The maximum absolute atomic E-state index is 12.0. The second-order valence-electron chi connectivity index (χ2n) is 4.87. The number of aliphatic hydroxyl groups is 1. The van der Waals surface area contributed by atoms with Crippen LogP contribution in [0.4, 0.5) is 4.79 Å². The molecule has 0 spiro atoms. The van der Waals surface area contributed by atoms with E-state index in [2.05, 4.69) is 5.32 Å². The minimum atomic E-state index is -0.0600. The number of nitrogens with one attached hydrogen (secondary N) is 1. The predicted octanol–water partition coefficient (Wildman–Crippen LogP) is 1.35. The third-order valence-corrected chi connectivity index (χ3v) is 3.38. The quantitative estimate of drug-likeness (QED) is 0.772. The number of likely N-dealkylation sites (tertiary alicyclic amines) is 1. The van der Waals surface area contributed by atoms with E-state index in [4.69, 9.17) is 14.3 Å². The van der Waals surface area contributed by atoms with Crippen molar-refractivity contribution in [2.24, 2.45) is 0 Å². The van der Waals surface area contributed by atoms with Crippen LogP contribution in [-0.2, 0) is 11.3 Å². The summed E-state index contributed by atoms with van der Waals surface area (Å²) in [5, 5.41) is 11.5. The Balaban J connectivity index is 1.64. The van der Waals surface area contributed by atoms with Crippen LogP contribution in [0, 0.1) is 0 Å². The van der Waals surface area contributed by atoms with Crippen LogP contribution in [0.25, 0.3) is 0 Å². The molecule has 0 unspecified atom stereocenters. The van der Waals surface area contributed by atoms with E-state index < -0.39 is 0 Å². The highest BCUT2D eigenvalue weighted by Crippen LogP contribution is 2.14. The van der Waals surface area contributed by atoms with E-state index in [1.165, 1.54) is 0 Å². The lowest BCUT2D eigenvalue weighted by atomic mass is 10.1. The van der Waals surface area contributed by atoms with Gasteiger partial charge in [0.05, 0.1) is 18.9 Å². The van der Waals surface area contributed by atoms with Gasteiger partial charge in [-0.15, -0.1) is 0 Å². The molecule has 2 rings (SSSR count). The molecule has 1 fully saturated rings. The Morgan fingerprint density at radius 2 is 2.30 bits per heavy atom. The minimum Gasteiger partial charge on any atom is -0.467 e. The fourth-order valence-electron chi connectivity index (χ4n) is 2.23. The van der Waals surface area contributed by atoms with Crippen molar-refractivity contribution < 1.29 is 19.1 Å². The predicted molar refractivity (Wildman–Crippen MR) is 73.2 cm³/mol. The van der Waals surface area contributed by atoms with E-state index in [9.17, 15) is 4.79 Å². The van der Waals surface area contributed by atoms with Gasteiger partial charge in [0, 0.05) is 26.3 Å². The normalized spacial score (nSPS) is 16.4. The van der Waals surface area contributed by atoms with Gasteiger partial charge in [-0.25, -0.2) is 4.79 Å². The summed E-state index contributed by atoms with van der Waals surface area (Å²) in [5.74, 6) is 0.751. The lowest BCUT2D eigenvalue weighted by Gasteiger charge is -2.31. The summed E-state index contributed by atoms with van der Waals surface area (Å²) in [6, 6.07) is 3.58. The van der Waals surface area contributed by atoms with Gasteiger partial charge in [0.25, 0.3) is 0 Å². The highest BCUT2D eigenvalue weighted by atomic mass is 16.5. The number of nitrogens with zero attached hydrogens (tertiary/aromatic N) is 1. The molecule has 2 amide bonds. The Kier molecular flexibility index (Phi) is 5.88. The maximum atomic E-state index is 12.0. The van der Waals surface area contributed by atoms with Crippen LogP contribution < -0.4 is 5.32 Å². The molecule has 2 N–H and O–H groups in total. The van der Waals surface area contributed by atoms with Gasteiger partial charge in [-0.1, -0.05) is 0 Å². The van der Waals surface area contributed by atoms with Crippen LogP contribution >= 0.6 is 0 Å². The third-order valence-electron chi connectivity index (χ3n) is 3.38. The third kappa shape index (κ3) is 4.54. The van der Waals surface area contributed by atoms with Crippen LogP contribution in [0.2, 0.25) is 0 Å². The smallest absolute Gasteiger partial charge is 0.317 e. The first-order valence-electron chi connectivity index (χ1n) is 7.07. The number of hydrogen-bond acceptors (Lipinski definition) is 4. The molecule has 0 atom stereocenters. The van der Waals surface area contributed by atoms with Gasteiger partial charge in [-0.05, 0) is 31.4 Å². The Labute approximate surface area is 118 Å². The molecule has 1 saturated heterocycles. The largest absolute Gasteiger partial charge is 0.467 e. The zero-order valence-electron chi connectivity index (χ0n) is 11.6. The first kappa shape index (κ1) is 14.9. The number of rotatable bonds is 6. The molecule has 1 aliphatic heterocycles. The number of ether oxygens (including phenoxy) is 1. The summed E-state index contributed by atoms with van der Waals surface area (Å²) in [6.07, 6.45) is 4.16. The van der Waals surface area contributed by atoms with Gasteiger partial charge in [0.1, 0.15) is 5.76 Å². The molecule has 0 radical (unpaired) electrons. The highest BCUT2D eigenvalue weighted by Gasteiger charge is 2.22. The van der Waals surface area contributed by atoms with Crippen LogP contribution in [0.5, 0.6) is 0 Å². The Morgan fingerprint density at radius 1 is 1.50 bits per heavy atom. The molecule has 6 nitrogen and oxygen atoms in total. The second-order valence-corrected chi connectivity index (χ2v) is 4.87. The summed E-state index contributed by atoms with van der Waals surface area (Å²) in [4.78, 5) is 13.8. The molecule has 112 valence electrons. The average molecular weight is 282 g/mol. The van der Waals surface area contributed by atoms with Crippen LogP contribution in [-0.4, -0.2) is 48.4 Å². The minimum absolute atomic E-state index is 0.0600. The summed E-state index contributed by atoms with van der Waals surface area (Å²) < 4.78 is 10.8. The lowest BCUT2D eigenvalue weighted by molar-refractivity contribution is 0.00910. The molecule has 0 aromatic carbocycles. The Morgan fingerprint density at radius 3 is 2.95 bits per heavy atom. The van der Waals surface area contributed by atoms with Gasteiger partial charge < -0.3 is 24.5 Å². The molecule has 20 heavy (non-hydrogen) atoms. The number of piperidine rings is 1. The zero-order valence-corrected chi connectivity index (χ0v) is 11.6. The molecule has 6 heteroatoms. The molecule has 1 aromatic rings. The molecular formula is C14H22N2O4. The fourth-order valence-corrected chi connectivity index (χ4v) is 2.23. The number of urea groups is 1. The van der Waals surface area contributed by atoms with E-state index in [1.54, 1.807) is 17.2 Å². The number of hydrogen-bond donors (Lipinski definition) is 2. The summed E-state index contributed by atoms with van der Waals surface area (Å²) in [5.41, 5.74) is 0. The van der Waals surface area contributed by atoms with Crippen molar-refractivity contribution in [2.45, 2.75) is 31.9 Å². The van der Waals surface area contributed by atoms with Crippen molar-refractivity contribution in [1.29, 1.82) is 0 Å². The number of furan rings is 1. The number of carbonyl (C=O) groups excluding carboxylic acids is 1. The van der Waals surface area contributed by atoms with Gasteiger partial charge in [0.2, 0.25) is 0 Å². The van der Waals surface area contributed by atoms with Crippen molar-refractivity contribution >= 4 is 6.03 Å². The maximum Gasteiger partial charge on any atom is 0.317 e. The zero-order chi connectivity index (χ0) is 14.2. The van der Waals surface area contributed by atoms with Crippen molar-refractivity contribution in [1.82, 2.24) is 10.2 Å². The first-order valence-corrected chi connectivity index (χ1v) is 7.07. The van der Waals surface area contributed by atoms with E-state index in [0.29, 0.717) is 32.7 Å². The van der Waals surface area contributed by atoms with E-state index >= 15 is 0 Å². The fraction of sp³-hybridized carbons (Fsp3) is 0.643. The number of aliphatic hydroxyl groups excluding tert-OH is 1. The molecule has 0 bridgehead atoms. The topological polar surface area (TPSA) is 74.9 Å². The molecule has 0 saturated carbocycles. The monoisotopic (exact) mass is 282 g/mol. The second kappa shape index (κ2) is 7.91. The molecule has 1 aliphatic rings. The average Bonchev–Trinajstić information content (AvgIpc) is 2.99. The highest BCUT2D eigenvalue weighted by molar-refractivity contribution is 5.74.